The number of nitrogens with one attached hydrogen (secondary N) is 1. The Morgan fingerprint density at radius 3 is 2.65 bits per heavy atom. The predicted molar refractivity (Wildman–Crippen MR) is 69.7 cm³/mol. The number of aliphatic hydroxyl groups excluding tert-OH is 1. The van der Waals surface area contributed by atoms with Crippen molar-refractivity contribution in [3.05, 3.63) is 29.8 Å². The zero-order valence-electron chi connectivity index (χ0n) is 11.0. The van der Waals surface area contributed by atoms with Crippen LogP contribution >= 0.6 is 0 Å². The highest BCUT2D eigenvalue weighted by molar-refractivity contribution is 5.96. The quantitative estimate of drug-likeness (QED) is 0.829. The lowest BCUT2D eigenvalue weighted by molar-refractivity contribution is -0.114. The molecule has 110 valence electrons. The van der Waals surface area contributed by atoms with Gasteiger partial charge in [0.2, 0.25) is 5.91 Å². The van der Waals surface area contributed by atoms with Crippen LogP contribution in [0.25, 0.3) is 0 Å². The lowest BCUT2D eigenvalue weighted by atomic mass is 10.1. The molecule has 0 radical (unpaired) electrons. The third kappa shape index (κ3) is 4.93. The SMILES string of the molecule is CC(=O)Nc1cccc(C(=O)N(CCO)CC(F)F)c1. The van der Waals surface area contributed by atoms with Crippen LogP contribution in [0.4, 0.5) is 14.5 Å². The molecule has 2 N–H and O–H groups in total. The molecule has 0 aliphatic carbocycles. The van der Waals surface area contributed by atoms with Crippen LogP contribution in [0.15, 0.2) is 24.3 Å². The molecule has 0 aromatic heterocycles. The monoisotopic (exact) mass is 286 g/mol. The predicted octanol–water partition coefficient (Wildman–Crippen LogP) is 1.34. The van der Waals surface area contributed by atoms with Gasteiger partial charge in [0.25, 0.3) is 12.3 Å². The molecule has 0 spiro atoms. The standard InChI is InChI=1S/C13H16F2N2O3/c1-9(19)16-11-4-2-3-10(7-11)13(20)17(5-6-18)8-12(14)15/h2-4,7,12,18H,5-6,8H2,1H3,(H,16,19). The maximum atomic E-state index is 12.4. The summed E-state index contributed by atoms with van der Waals surface area (Å²) in [6.45, 7) is 0.00446. The molecule has 0 aliphatic rings. The summed E-state index contributed by atoms with van der Waals surface area (Å²) in [6.07, 6.45) is -2.68. The van der Waals surface area contributed by atoms with E-state index in [-0.39, 0.29) is 18.0 Å². The lowest BCUT2D eigenvalue weighted by Gasteiger charge is -2.21. The second kappa shape index (κ2) is 7.54. The fraction of sp³-hybridized carbons (Fsp3) is 0.385. The van der Waals surface area contributed by atoms with E-state index in [4.69, 9.17) is 5.11 Å². The van der Waals surface area contributed by atoms with E-state index >= 15 is 0 Å². The number of aliphatic hydroxyl groups is 1. The van der Waals surface area contributed by atoms with Crippen molar-refractivity contribution in [2.45, 2.75) is 13.3 Å². The number of carbonyl (C=O) groups excluding carboxylic acids is 2. The molecule has 1 aromatic rings. The van der Waals surface area contributed by atoms with Crippen LogP contribution < -0.4 is 5.32 Å². The third-order valence-electron chi connectivity index (χ3n) is 2.45. The first-order chi connectivity index (χ1) is 9.43. The van der Waals surface area contributed by atoms with Crippen molar-refractivity contribution in [2.24, 2.45) is 0 Å². The summed E-state index contributed by atoms with van der Waals surface area (Å²) in [5.74, 6) is -0.916. The molecule has 0 saturated carbocycles. The summed E-state index contributed by atoms with van der Waals surface area (Å²) in [4.78, 5) is 23.9. The summed E-state index contributed by atoms with van der Waals surface area (Å²) in [5, 5.41) is 11.3. The third-order valence-corrected chi connectivity index (χ3v) is 2.45. The van der Waals surface area contributed by atoms with Gasteiger partial charge < -0.3 is 15.3 Å². The van der Waals surface area contributed by atoms with Crippen LogP contribution in [0.2, 0.25) is 0 Å². The zero-order valence-corrected chi connectivity index (χ0v) is 11.0. The first-order valence-electron chi connectivity index (χ1n) is 6.00. The Labute approximate surface area is 115 Å². The Hall–Kier alpha value is -2.02. The Kier molecular flexibility index (Phi) is 6.05. The van der Waals surface area contributed by atoms with Crippen molar-refractivity contribution >= 4 is 17.5 Å². The molecule has 0 heterocycles. The summed E-state index contributed by atoms with van der Waals surface area (Å²) in [5.41, 5.74) is 0.578. The molecule has 0 fully saturated rings. The molecule has 0 atom stereocenters. The van der Waals surface area contributed by atoms with Gasteiger partial charge in [0.1, 0.15) is 0 Å². The number of hydrogen-bond acceptors (Lipinski definition) is 3. The molecule has 5 nitrogen and oxygen atoms in total. The number of amides is 2. The van der Waals surface area contributed by atoms with Crippen molar-refractivity contribution in [1.29, 1.82) is 0 Å². The van der Waals surface area contributed by atoms with E-state index in [1.54, 1.807) is 6.07 Å². The van der Waals surface area contributed by atoms with Crippen LogP contribution in [0.1, 0.15) is 17.3 Å². The van der Waals surface area contributed by atoms with Gasteiger partial charge in [-0.2, -0.15) is 0 Å². The van der Waals surface area contributed by atoms with E-state index in [0.29, 0.717) is 5.69 Å². The topological polar surface area (TPSA) is 69.6 Å². The Bertz CT molecular complexity index is 480. The minimum atomic E-state index is -2.68. The highest BCUT2D eigenvalue weighted by Gasteiger charge is 2.19. The molecule has 0 aliphatic heterocycles. The number of nitrogens with zero attached hydrogens (tertiary/aromatic N) is 1. The molecule has 20 heavy (non-hydrogen) atoms. The van der Waals surface area contributed by atoms with E-state index in [9.17, 15) is 18.4 Å². The van der Waals surface area contributed by atoms with Crippen molar-refractivity contribution in [3.63, 3.8) is 0 Å². The van der Waals surface area contributed by atoms with Crippen LogP contribution in [0, 0.1) is 0 Å². The number of alkyl halides is 2. The molecule has 0 saturated heterocycles. The van der Waals surface area contributed by atoms with Gasteiger partial charge in [-0.3, -0.25) is 9.59 Å². The summed E-state index contributed by atoms with van der Waals surface area (Å²) >= 11 is 0. The fourth-order valence-electron chi connectivity index (χ4n) is 1.68. The van der Waals surface area contributed by atoms with Crippen LogP contribution in [0.5, 0.6) is 0 Å². The molecule has 7 heteroatoms. The minimum absolute atomic E-state index is 0.172. The average molecular weight is 286 g/mol. The first-order valence-corrected chi connectivity index (χ1v) is 6.00. The number of benzene rings is 1. The number of carbonyl (C=O) groups is 2. The van der Waals surface area contributed by atoms with Crippen LogP contribution in [0.3, 0.4) is 0 Å². The summed E-state index contributed by atoms with van der Waals surface area (Å²) in [6, 6.07) is 5.99. The Morgan fingerprint density at radius 2 is 2.10 bits per heavy atom. The molecule has 0 bridgehead atoms. The van der Waals surface area contributed by atoms with E-state index < -0.39 is 25.5 Å². The van der Waals surface area contributed by atoms with Gasteiger partial charge in [0, 0.05) is 24.7 Å². The fourth-order valence-corrected chi connectivity index (χ4v) is 1.68. The van der Waals surface area contributed by atoms with E-state index in [0.717, 1.165) is 4.90 Å². The van der Waals surface area contributed by atoms with Gasteiger partial charge in [0.15, 0.2) is 0 Å². The number of halogens is 2. The molecule has 1 aromatic carbocycles. The first kappa shape index (κ1) is 16.0. The van der Waals surface area contributed by atoms with E-state index in [1.165, 1.54) is 25.1 Å². The van der Waals surface area contributed by atoms with Crippen molar-refractivity contribution in [3.8, 4) is 0 Å². The van der Waals surface area contributed by atoms with Gasteiger partial charge in [-0.1, -0.05) is 6.07 Å². The van der Waals surface area contributed by atoms with E-state index in [1.807, 2.05) is 0 Å². The van der Waals surface area contributed by atoms with Gasteiger partial charge in [-0.25, -0.2) is 8.78 Å². The average Bonchev–Trinajstić information content (AvgIpc) is 2.36. The van der Waals surface area contributed by atoms with Crippen LogP contribution in [-0.2, 0) is 4.79 Å². The van der Waals surface area contributed by atoms with Crippen molar-refractivity contribution < 1.29 is 23.5 Å². The molecule has 0 unspecified atom stereocenters. The zero-order chi connectivity index (χ0) is 15.1. The van der Waals surface area contributed by atoms with Gasteiger partial charge >= 0.3 is 0 Å². The normalized spacial score (nSPS) is 10.4. The number of rotatable bonds is 6. The van der Waals surface area contributed by atoms with E-state index in [2.05, 4.69) is 5.32 Å². The minimum Gasteiger partial charge on any atom is -0.395 e. The molecule has 1 rings (SSSR count). The van der Waals surface area contributed by atoms with Gasteiger partial charge in [-0.05, 0) is 18.2 Å². The smallest absolute Gasteiger partial charge is 0.255 e. The van der Waals surface area contributed by atoms with Crippen LogP contribution in [-0.4, -0.2) is 47.9 Å². The number of anilines is 1. The highest BCUT2D eigenvalue weighted by Crippen LogP contribution is 2.13. The maximum Gasteiger partial charge on any atom is 0.255 e. The molecular formula is C13H16F2N2O3. The lowest BCUT2D eigenvalue weighted by Crippen LogP contribution is -2.37. The second-order valence-electron chi connectivity index (χ2n) is 4.13. The number of hydrogen-bond donors (Lipinski definition) is 2. The Morgan fingerprint density at radius 1 is 1.40 bits per heavy atom. The maximum absolute atomic E-state index is 12.4. The second-order valence-corrected chi connectivity index (χ2v) is 4.13. The molecular weight excluding hydrogens is 270 g/mol. The molecule has 2 amide bonds. The summed E-state index contributed by atoms with van der Waals surface area (Å²) in [7, 11) is 0. The van der Waals surface area contributed by atoms with Crippen molar-refractivity contribution in [1.82, 2.24) is 4.90 Å². The highest BCUT2D eigenvalue weighted by atomic mass is 19.3. The van der Waals surface area contributed by atoms with Crippen molar-refractivity contribution in [2.75, 3.05) is 25.0 Å². The largest absolute Gasteiger partial charge is 0.395 e. The van der Waals surface area contributed by atoms with Gasteiger partial charge in [0.05, 0.1) is 13.2 Å². The van der Waals surface area contributed by atoms with Gasteiger partial charge in [-0.15, -0.1) is 0 Å². The Balaban J connectivity index is 2.90. The summed E-state index contributed by atoms with van der Waals surface area (Å²) < 4.78 is 24.8.